The quantitative estimate of drug-likeness (QED) is 0.619. The summed E-state index contributed by atoms with van der Waals surface area (Å²) in [6.07, 6.45) is -0.0477. The van der Waals surface area contributed by atoms with Gasteiger partial charge in [0.05, 0.1) is 5.92 Å². The van der Waals surface area contributed by atoms with Gasteiger partial charge >= 0.3 is 11.9 Å². The second kappa shape index (κ2) is 5.31. The molecule has 1 aromatic carbocycles. The maximum atomic E-state index is 12.5. The van der Waals surface area contributed by atoms with Gasteiger partial charge in [-0.3, -0.25) is 14.4 Å². The van der Waals surface area contributed by atoms with Crippen molar-refractivity contribution in [2.75, 3.05) is 0 Å². The van der Waals surface area contributed by atoms with Gasteiger partial charge in [-0.2, -0.15) is 0 Å². The van der Waals surface area contributed by atoms with Gasteiger partial charge in [0.1, 0.15) is 5.54 Å². The third-order valence-electron chi connectivity index (χ3n) is 5.82. The van der Waals surface area contributed by atoms with Gasteiger partial charge in [-0.05, 0) is 17.9 Å². The summed E-state index contributed by atoms with van der Waals surface area (Å²) in [4.78, 5) is 35.6. The van der Waals surface area contributed by atoms with E-state index in [2.05, 4.69) is 5.32 Å². The Bertz CT molecular complexity index is 706. The number of carbonyl (C=O) groups excluding carboxylic acids is 1. The maximum absolute atomic E-state index is 12.5. The minimum atomic E-state index is -1.70. The number of benzene rings is 1. The van der Waals surface area contributed by atoms with Crippen LogP contribution in [0.15, 0.2) is 30.3 Å². The number of hydrogen-bond donors (Lipinski definition) is 4. The van der Waals surface area contributed by atoms with Crippen LogP contribution in [0.1, 0.15) is 18.9 Å². The van der Waals surface area contributed by atoms with Crippen LogP contribution >= 0.6 is 0 Å². The maximum Gasteiger partial charge on any atom is 0.324 e. The van der Waals surface area contributed by atoms with Gasteiger partial charge in [0.25, 0.3) is 0 Å². The summed E-state index contributed by atoms with van der Waals surface area (Å²) in [7, 11) is 0. The molecule has 128 valence electrons. The van der Waals surface area contributed by atoms with E-state index in [4.69, 9.17) is 5.73 Å². The Morgan fingerprint density at radius 3 is 2.42 bits per heavy atom. The van der Waals surface area contributed by atoms with E-state index in [1.165, 1.54) is 0 Å². The Labute approximate surface area is 138 Å². The highest BCUT2D eigenvalue weighted by molar-refractivity contribution is 5.92. The normalized spacial score (nSPS) is 36.7. The number of nitrogens with two attached hydrogens (primary N) is 1. The van der Waals surface area contributed by atoms with Crippen molar-refractivity contribution in [2.45, 2.75) is 25.4 Å². The topological polar surface area (TPSA) is 130 Å². The molecule has 2 aliphatic carbocycles. The first-order chi connectivity index (χ1) is 11.2. The van der Waals surface area contributed by atoms with Gasteiger partial charge in [0.15, 0.2) is 0 Å². The second-order valence-corrected chi connectivity index (χ2v) is 6.91. The molecular formula is C17H20N2O5. The van der Waals surface area contributed by atoms with Crippen molar-refractivity contribution >= 4 is 17.8 Å². The molecule has 0 aromatic heterocycles. The monoisotopic (exact) mass is 332 g/mol. The molecule has 2 aliphatic rings. The third kappa shape index (κ3) is 2.11. The highest BCUT2D eigenvalue weighted by Crippen LogP contribution is 2.73. The van der Waals surface area contributed by atoms with Gasteiger partial charge in [-0.15, -0.1) is 0 Å². The summed E-state index contributed by atoms with van der Waals surface area (Å²) >= 11 is 0. The predicted octanol–water partition coefficient (Wildman–Crippen LogP) is 0.442. The molecule has 0 heterocycles. The van der Waals surface area contributed by atoms with Gasteiger partial charge in [-0.1, -0.05) is 37.3 Å². The minimum absolute atomic E-state index is 0.0477. The summed E-state index contributed by atoms with van der Waals surface area (Å²) in [5.74, 6) is -4.85. The van der Waals surface area contributed by atoms with Gasteiger partial charge < -0.3 is 21.3 Å². The van der Waals surface area contributed by atoms with Crippen molar-refractivity contribution < 1.29 is 24.6 Å². The lowest BCUT2D eigenvalue weighted by atomic mass is 9.80. The SMILES string of the molecule is CC12C(C(=O)O)C1C(C(=O)NCc1ccccc1)CC2(N)C(=O)O. The van der Waals surface area contributed by atoms with Crippen LogP contribution in [0.3, 0.4) is 0 Å². The molecule has 0 radical (unpaired) electrons. The van der Waals surface area contributed by atoms with Crippen molar-refractivity contribution in [2.24, 2.45) is 28.9 Å². The fraction of sp³-hybridized carbons (Fsp3) is 0.471. The molecule has 7 heteroatoms. The van der Waals surface area contributed by atoms with E-state index in [9.17, 15) is 24.6 Å². The largest absolute Gasteiger partial charge is 0.481 e. The minimum Gasteiger partial charge on any atom is -0.481 e. The summed E-state index contributed by atoms with van der Waals surface area (Å²) in [6, 6.07) is 9.29. The Hall–Kier alpha value is -2.41. The summed E-state index contributed by atoms with van der Waals surface area (Å²) < 4.78 is 0. The first kappa shape index (κ1) is 16.4. The number of carboxylic acids is 2. The van der Waals surface area contributed by atoms with Crippen LogP contribution in [-0.4, -0.2) is 33.6 Å². The van der Waals surface area contributed by atoms with E-state index in [0.717, 1.165) is 5.56 Å². The number of carbonyl (C=O) groups is 3. The van der Waals surface area contributed by atoms with Crippen molar-refractivity contribution in [3.8, 4) is 0 Å². The lowest BCUT2D eigenvalue weighted by Crippen LogP contribution is -2.55. The molecule has 7 nitrogen and oxygen atoms in total. The number of nitrogens with one attached hydrogen (secondary N) is 1. The van der Waals surface area contributed by atoms with Gasteiger partial charge in [-0.25, -0.2) is 0 Å². The first-order valence-corrected chi connectivity index (χ1v) is 7.80. The number of carboxylic acid groups (broad SMARTS) is 2. The molecular weight excluding hydrogens is 312 g/mol. The van der Waals surface area contributed by atoms with E-state index in [1.807, 2.05) is 30.3 Å². The molecule has 1 amide bonds. The van der Waals surface area contributed by atoms with Crippen LogP contribution in [-0.2, 0) is 20.9 Å². The number of fused-ring (bicyclic) bond motifs is 1. The predicted molar refractivity (Wildman–Crippen MR) is 83.7 cm³/mol. The Morgan fingerprint density at radius 2 is 1.88 bits per heavy atom. The Kier molecular flexibility index (Phi) is 3.64. The first-order valence-electron chi connectivity index (χ1n) is 7.80. The molecule has 0 bridgehead atoms. The summed E-state index contributed by atoms with van der Waals surface area (Å²) in [5, 5.41) is 21.6. The molecule has 5 unspecified atom stereocenters. The zero-order valence-corrected chi connectivity index (χ0v) is 13.2. The number of hydrogen-bond acceptors (Lipinski definition) is 4. The highest BCUT2D eigenvalue weighted by Gasteiger charge is 2.83. The van der Waals surface area contributed by atoms with E-state index < -0.39 is 40.6 Å². The van der Waals surface area contributed by atoms with Crippen LogP contribution < -0.4 is 11.1 Å². The average molecular weight is 332 g/mol. The molecule has 2 fully saturated rings. The molecule has 3 rings (SSSR count). The van der Waals surface area contributed by atoms with Gasteiger partial charge in [0, 0.05) is 17.9 Å². The highest BCUT2D eigenvalue weighted by atomic mass is 16.4. The summed E-state index contributed by atoms with van der Waals surface area (Å²) in [5.41, 5.74) is 4.16. The van der Waals surface area contributed by atoms with Crippen LogP contribution in [0.25, 0.3) is 0 Å². The lowest BCUT2D eigenvalue weighted by molar-refractivity contribution is -0.148. The molecule has 0 saturated heterocycles. The number of rotatable bonds is 5. The fourth-order valence-corrected chi connectivity index (χ4v) is 4.36. The zero-order chi connectivity index (χ0) is 17.7. The van der Waals surface area contributed by atoms with E-state index in [-0.39, 0.29) is 12.3 Å². The molecule has 0 spiro atoms. The Balaban J connectivity index is 1.78. The molecule has 1 aromatic rings. The molecule has 2 saturated carbocycles. The van der Waals surface area contributed by atoms with Crippen molar-refractivity contribution in [1.29, 1.82) is 0 Å². The van der Waals surface area contributed by atoms with Crippen molar-refractivity contribution in [3.63, 3.8) is 0 Å². The Morgan fingerprint density at radius 1 is 1.25 bits per heavy atom. The van der Waals surface area contributed by atoms with E-state index >= 15 is 0 Å². The third-order valence-corrected chi connectivity index (χ3v) is 5.82. The second-order valence-electron chi connectivity index (χ2n) is 6.91. The molecule has 24 heavy (non-hydrogen) atoms. The summed E-state index contributed by atoms with van der Waals surface area (Å²) in [6.45, 7) is 1.87. The molecule has 0 aliphatic heterocycles. The lowest BCUT2D eigenvalue weighted by Gasteiger charge is -2.29. The number of aliphatic carboxylic acids is 2. The van der Waals surface area contributed by atoms with Crippen LogP contribution in [0.2, 0.25) is 0 Å². The van der Waals surface area contributed by atoms with Gasteiger partial charge in [0.2, 0.25) is 5.91 Å². The molecule has 5 N–H and O–H groups in total. The molecule has 5 atom stereocenters. The van der Waals surface area contributed by atoms with Crippen LogP contribution in [0.4, 0.5) is 0 Å². The average Bonchev–Trinajstić information content (AvgIpc) is 3.11. The van der Waals surface area contributed by atoms with E-state index in [0.29, 0.717) is 6.54 Å². The van der Waals surface area contributed by atoms with Crippen LogP contribution in [0.5, 0.6) is 0 Å². The zero-order valence-electron chi connectivity index (χ0n) is 13.2. The standard InChI is InChI=1S/C17H20N2O5/c1-16-11(12(16)14(21)22)10(7-17(16,18)15(23)24)13(20)19-8-9-5-3-2-4-6-9/h2-6,10-12H,7-8,18H2,1H3,(H,19,20)(H,21,22)(H,23,24). The number of amides is 1. The van der Waals surface area contributed by atoms with Crippen molar-refractivity contribution in [1.82, 2.24) is 5.32 Å². The fourth-order valence-electron chi connectivity index (χ4n) is 4.36. The van der Waals surface area contributed by atoms with Crippen molar-refractivity contribution in [3.05, 3.63) is 35.9 Å². The van der Waals surface area contributed by atoms with Crippen LogP contribution in [0, 0.1) is 23.2 Å². The smallest absolute Gasteiger partial charge is 0.324 e. The van der Waals surface area contributed by atoms with E-state index in [1.54, 1.807) is 6.92 Å².